The van der Waals surface area contributed by atoms with E-state index >= 15 is 0 Å². The van der Waals surface area contributed by atoms with E-state index < -0.39 is 0 Å². The highest BCUT2D eigenvalue weighted by molar-refractivity contribution is 5.90. The molecule has 118 valence electrons. The normalized spacial score (nSPS) is 10.9. The van der Waals surface area contributed by atoms with Gasteiger partial charge in [-0.15, -0.1) is 0 Å². The third-order valence-electron chi connectivity index (χ3n) is 4.09. The van der Waals surface area contributed by atoms with Crippen LogP contribution in [-0.2, 0) is 17.8 Å². The number of carbonyl (C=O) groups is 1. The fourth-order valence-electron chi connectivity index (χ4n) is 2.73. The number of hydrogen-bond donors (Lipinski definition) is 2. The summed E-state index contributed by atoms with van der Waals surface area (Å²) in [6.45, 7) is 4.02. The van der Waals surface area contributed by atoms with Gasteiger partial charge in [-0.05, 0) is 42.7 Å². The van der Waals surface area contributed by atoms with E-state index in [1.54, 1.807) is 13.0 Å². The van der Waals surface area contributed by atoms with Gasteiger partial charge in [0.05, 0.1) is 6.42 Å². The minimum Gasteiger partial charge on any atom is -0.358 e. The number of amides is 1. The van der Waals surface area contributed by atoms with Crippen LogP contribution in [0.1, 0.15) is 22.4 Å². The Morgan fingerprint density at radius 3 is 2.74 bits per heavy atom. The number of nitrogens with one attached hydrogen (secondary N) is 2. The molecule has 3 rings (SSSR count). The topological polar surface area (TPSA) is 44.9 Å². The highest BCUT2D eigenvalue weighted by Crippen LogP contribution is 2.22. The van der Waals surface area contributed by atoms with Crippen molar-refractivity contribution in [3.63, 3.8) is 0 Å². The Morgan fingerprint density at radius 1 is 1.17 bits per heavy atom. The number of aryl methyl sites for hydroxylation is 2. The molecule has 1 amide bonds. The van der Waals surface area contributed by atoms with Crippen molar-refractivity contribution in [2.75, 3.05) is 0 Å². The summed E-state index contributed by atoms with van der Waals surface area (Å²) in [5.41, 5.74) is 4.41. The fraction of sp³-hybridized carbons (Fsp3) is 0.211. The van der Waals surface area contributed by atoms with E-state index in [0.717, 1.165) is 27.7 Å². The summed E-state index contributed by atoms with van der Waals surface area (Å²) in [7, 11) is 0. The Morgan fingerprint density at radius 2 is 1.96 bits per heavy atom. The van der Waals surface area contributed by atoms with E-state index in [1.165, 1.54) is 6.07 Å². The highest BCUT2D eigenvalue weighted by atomic mass is 19.1. The molecule has 0 atom stereocenters. The van der Waals surface area contributed by atoms with Crippen molar-refractivity contribution in [2.45, 2.75) is 26.8 Å². The highest BCUT2D eigenvalue weighted by Gasteiger charge is 2.12. The first-order chi connectivity index (χ1) is 11.0. The Hall–Kier alpha value is -2.62. The standard InChI is InChI=1S/C19H19FN2O/c1-12-7-8-14(9-17(12)20)11-21-19(23)10-16-13(2)22-18-6-4-3-5-15(16)18/h3-9,22H,10-11H2,1-2H3,(H,21,23). The van der Waals surface area contributed by atoms with Crippen molar-refractivity contribution in [2.24, 2.45) is 0 Å². The molecule has 3 nitrogen and oxygen atoms in total. The molecule has 4 heteroatoms. The predicted octanol–water partition coefficient (Wildman–Crippen LogP) is 3.78. The lowest BCUT2D eigenvalue weighted by atomic mass is 10.1. The zero-order valence-corrected chi connectivity index (χ0v) is 13.2. The van der Waals surface area contributed by atoms with Crippen LogP contribution in [-0.4, -0.2) is 10.9 Å². The first-order valence-electron chi connectivity index (χ1n) is 7.62. The van der Waals surface area contributed by atoms with Crippen molar-refractivity contribution >= 4 is 16.8 Å². The Balaban J connectivity index is 1.69. The first kappa shape index (κ1) is 15.3. The van der Waals surface area contributed by atoms with Crippen molar-refractivity contribution in [3.8, 4) is 0 Å². The van der Waals surface area contributed by atoms with E-state index in [2.05, 4.69) is 10.3 Å². The van der Waals surface area contributed by atoms with Crippen LogP contribution in [0.2, 0.25) is 0 Å². The number of benzene rings is 2. The lowest BCUT2D eigenvalue weighted by molar-refractivity contribution is -0.120. The summed E-state index contributed by atoms with van der Waals surface area (Å²) >= 11 is 0. The van der Waals surface area contributed by atoms with Gasteiger partial charge in [0.25, 0.3) is 0 Å². The smallest absolute Gasteiger partial charge is 0.224 e. The van der Waals surface area contributed by atoms with Crippen LogP contribution in [0.3, 0.4) is 0 Å². The first-order valence-corrected chi connectivity index (χ1v) is 7.62. The zero-order chi connectivity index (χ0) is 16.4. The average molecular weight is 310 g/mol. The number of hydrogen-bond acceptors (Lipinski definition) is 1. The molecular weight excluding hydrogens is 291 g/mol. The van der Waals surface area contributed by atoms with Crippen molar-refractivity contribution in [1.82, 2.24) is 10.3 Å². The maximum atomic E-state index is 13.5. The van der Waals surface area contributed by atoms with Gasteiger partial charge >= 0.3 is 0 Å². The molecule has 0 aliphatic carbocycles. The second-order valence-electron chi connectivity index (χ2n) is 5.81. The maximum absolute atomic E-state index is 13.5. The molecule has 2 N–H and O–H groups in total. The number of para-hydroxylation sites is 1. The predicted molar refractivity (Wildman–Crippen MR) is 89.7 cm³/mol. The van der Waals surface area contributed by atoms with Crippen molar-refractivity contribution in [1.29, 1.82) is 0 Å². The zero-order valence-electron chi connectivity index (χ0n) is 13.2. The Bertz CT molecular complexity index is 867. The number of carbonyl (C=O) groups excluding carboxylic acids is 1. The van der Waals surface area contributed by atoms with Crippen LogP contribution in [0, 0.1) is 19.7 Å². The van der Waals surface area contributed by atoms with Crippen LogP contribution in [0.15, 0.2) is 42.5 Å². The number of rotatable bonds is 4. The molecule has 0 unspecified atom stereocenters. The molecule has 2 aromatic carbocycles. The molecule has 3 aromatic rings. The van der Waals surface area contributed by atoms with Crippen LogP contribution >= 0.6 is 0 Å². The van der Waals surface area contributed by atoms with Crippen LogP contribution in [0.4, 0.5) is 4.39 Å². The summed E-state index contributed by atoms with van der Waals surface area (Å²) < 4.78 is 13.5. The average Bonchev–Trinajstić information content (AvgIpc) is 2.84. The minimum atomic E-state index is -0.246. The van der Waals surface area contributed by atoms with Crippen LogP contribution in [0.25, 0.3) is 10.9 Å². The molecule has 1 heterocycles. The van der Waals surface area contributed by atoms with Gasteiger partial charge in [0, 0.05) is 23.1 Å². The van der Waals surface area contributed by atoms with E-state index in [1.807, 2.05) is 37.3 Å². The SMILES string of the molecule is Cc1ccc(CNC(=O)Cc2c(C)[nH]c3ccccc23)cc1F. The number of aromatic amines is 1. The molecule has 0 bridgehead atoms. The summed E-state index contributed by atoms with van der Waals surface area (Å²) in [4.78, 5) is 15.5. The fourth-order valence-corrected chi connectivity index (χ4v) is 2.73. The van der Waals surface area contributed by atoms with E-state index in [9.17, 15) is 9.18 Å². The van der Waals surface area contributed by atoms with Gasteiger partial charge in [-0.1, -0.05) is 30.3 Å². The Kier molecular flexibility index (Phi) is 4.15. The summed E-state index contributed by atoms with van der Waals surface area (Å²) in [5, 5.41) is 3.93. The lowest BCUT2D eigenvalue weighted by Gasteiger charge is -2.07. The monoisotopic (exact) mass is 310 g/mol. The molecule has 0 saturated carbocycles. The summed E-state index contributed by atoms with van der Waals surface area (Å²) in [5.74, 6) is -0.317. The van der Waals surface area contributed by atoms with E-state index in [4.69, 9.17) is 0 Å². The minimum absolute atomic E-state index is 0.0705. The van der Waals surface area contributed by atoms with E-state index in [-0.39, 0.29) is 11.7 Å². The summed E-state index contributed by atoms with van der Waals surface area (Å²) in [6, 6.07) is 13.0. The molecule has 23 heavy (non-hydrogen) atoms. The quantitative estimate of drug-likeness (QED) is 0.757. The van der Waals surface area contributed by atoms with Gasteiger partial charge in [-0.3, -0.25) is 4.79 Å². The largest absolute Gasteiger partial charge is 0.358 e. The molecule has 0 aliphatic rings. The maximum Gasteiger partial charge on any atom is 0.224 e. The van der Waals surface area contributed by atoms with Crippen LogP contribution < -0.4 is 5.32 Å². The number of H-pyrrole nitrogens is 1. The molecule has 0 fully saturated rings. The van der Waals surface area contributed by atoms with Gasteiger partial charge in [0.1, 0.15) is 5.82 Å². The molecule has 0 radical (unpaired) electrons. The molecular formula is C19H19FN2O. The van der Waals surface area contributed by atoms with Gasteiger partial charge in [0.2, 0.25) is 5.91 Å². The Labute approximate surface area is 134 Å². The van der Waals surface area contributed by atoms with Gasteiger partial charge < -0.3 is 10.3 Å². The molecule has 1 aromatic heterocycles. The molecule has 0 saturated heterocycles. The van der Waals surface area contributed by atoms with Gasteiger partial charge in [-0.2, -0.15) is 0 Å². The number of halogens is 1. The number of fused-ring (bicyclic) bond motifs is 1. The lowest BCUT2D eigenvalue weighted by Crippen LogP contribution is -2.24. The second-order valence-corrected chi connectivity index (χ2v) is 5.81. The van der Waals surface area contributed by atoms with Crippen molar-refractivity contribution < 1.29 is 9.18 Å². The second kappa shape index (κ2) is 6.24. The molecule has 0 spiro atoms. The van der Waals surface area contributed by atoms with Gasteiger partial charge in [-0.25, -0.2) is 4.39 Å². The third-order valence-corrected chi connectivity index (χ3v) is 4.09. The van der Waals surface area contributed by atoms with Crippen molar-refractivity contribution in [3.05, 3.63) is 70.7 Å². The van der Waals surface area contributed by atoms with Crippen LogP contribution in [0.5, 0.6) is 0 Å². The third kappa shape index (κ3) is 3.26. The number of aromatic nitrogens is 1. The summed E-state index contributed by atoms with van der Waals surface area (Å²) in [6.07, 6.45) is 0.310. The molecule has 0 aliphatic heterocycles. The van der Waals surface area contributed by atoms with E-state index in [0.29, 0.717) is 18.5 Å². The van der Waals surface area contributed by atoms with Gasteiger partial charge in [0.15, 0.2) is 0 Å².